The molecular weight excluding hydrogens is 447 g/mol. The Kier molecular flexibility index (Phi) is 6.90. The van der Waals surface area contributed by atoms with Gasteiger partial charge in [-0.3, -0.25) is 4.79 Å². The molecule has 33 heavy (non-hydrogen) atoms. The van der Waals surface area contributed by atoms with Gasteiger partial charge in [-0.2, -0.15) is 13.2 Å². The van der Waals surface area contributed by atoms with Gasteiger partial charge in [0.1, 0.15) is 11.4 Å². The number of carbonyl (C=O) groups excluding carboxylic acids is 1. The summed E-state index contributed by atoms with van der Waals surface area (Å²) in [5.41, 5.74) is -2.79. The Labute approximate surface area is 198 Å². The summed E-state index contributed by atoms with van der Waals surface area (Å²) in [5, 5.41) is 0. The van der Waals surface area contributed by atoms with E-state index in [0.29, 0.717) is 36.4 Å². The van der Waals surface area contributed by atoms with E-state index >= 15 is 0 Å². The smallest absolute Gasteiger partial charge is 0.446 e. The zero-order chi connectivity index (χ0) is 23.8. The van der Waals surface area contributed by atoms with Crippen LogP contribution in [0.4, 0.5) is 13.2 Å². The second kappa shape index (κ2) is 9.40. The van der Waals surface area contributed by atoms with E-state index in [0.717, 1.165) is 37.9 Å². The zero-order valence-corrected chi connectivity index (χ0v) is 20.3. The predicted molar refractivity (Wildman–Crippen MR) is 125 cm³/mol. The molecule has 0 N–H and O–H groups in total. The third-order valence-corrected chi connectivity index (χ3v) is 7.60. The van der Waals surface area contributed by atoms with Crippen molar-refractivity contribution in [2.75, 3.05) is 13.1 Å². The lowest BCUT2D eigenvalue weighted by Gasteiger charge is -2.49. The van der Waals surface area contributed by atoms with Crippen LogP contribution in [0.1, 0.15) is 63.2 Å². The van der Waals surface area contributed by atoms with Crippen LogP contribution in [0.5, 0.6) is 0 Å². The topological polar surface area (TPSA) is 29.5 Å². The average Bonchev–Trinajstić information content (AvgIpc) is 2.73. The molecule has 1 spiro atoms. The maximum absolute atomic E-state index is 13.0. The van der Waals surface area contributed by atoms with Crippen molar-refractivity contribution in [3.63, 3.8) is 0 Å². The quantitative estimate of drug-likeness (QED) is 0.428. The van der Waals surface area contributed by atoms with Crippen molar-refractivity contribution in [2.24, 2.45) is 17.8 Å². The van der Waals surface area contributed by atoms with E-state index < -0.39 is 5.51 Å². The van der Waals surface area contributed by atoms with E-state index in [1.54, 1.807) is 4.90 Å². The van der Waals surface area contributed by atoms with E-state index in [-0.39, 0.29) is 28.2 Å². The highest BCUT2D eigenvalue weighted by atomic mass is 32.2. The fourth-order valence-electron chi connectivity index (χ4n) is 5.32. The Bertz CT molecular complexity index is 928. The minimum absolute atomic E-state index is 0.0855. The summed E-state index contributed by atoms with van der Waals surface area (Å²) in [6.07, 6.45) is 9.28. The van der Waals surface area contributed by atoms with Gasteiger partial charge in [0, 0.05) is 36.4 Å². The number of amides is 1. The largest absolute Gasteiger partial charge is 0.487 e. The van der Waals surface area contributed by atoms with E-state index in [4.69, 9.17) is 4.74 Å². The van der Waals surface area contributed by atoms with Crippen LogP contribution in [0.2, 0.25) is 0 Å². The highest BCUT2D eigenvalue weighted by Gasteiger charge is 2.45. The summed E-state index contributed by atoms with van der Waals surface area (Å²) >= 11 is -0.167. The molecule has 1 aromatic rings. The summed E-state index contributed by atoms with van der Waals surface area (Å²) in [5.74, 6) is 2.53. The van der Waals surface area contributed by atoms with Crippen LogP contribution in [0.25, 0.3) is 0 Å². The molecule has 2 unspecified atom stereocenters. The number of halogens is 3. The molecule has 1 aromatic carbocycles. The number of thioether (sulfide) groups is 1. The van der Waals surface area contributed by atoms with Crippen LogP contribution in [-0.2, 0) is 4.74 Å². The van der Waals surface area contributed by atoms with Gasteiger partial charge in [0.25, 0.3) is 5.91 Å². The number of likely N-dealkylation sites (tertiary alicyclic amines) is 1. The number of benzene rings is 1. The second-order valence-electron chi connectivity index (χ2n) is 10.1. The Hall–Kier alpha value is -1.89. The van der Waals surface area contributed by atoms with Gasteiger partial charge in [0.2, 0.25) is 0 Å². The normalized spacial score (nSPS) is 24.8. The van der Waals surface area contributed by atoms with Gasteiger partial charge in [-0.15, -0.1) is 0 Å². The maximum atomic E-state index is 13.0. The van der Waals surface area contributed by atoms with Crippen molar-refractivity contribution in [1.29, 1.82) is 0 Å². The predicted octanol–water partition coefficient (Wildman–Crippen LogP) is 7.21. The van der Waals surface area contributed by atoms with Crippen molar-refractivity contribution in [3.8, 4) is 0 Å². The molecule has 2 aliphatic heterocycles. The van der Waals surface area contributed by atoms with Gasteiger partial charge in [-0.1, -0.05) is 26.8 Å². The Balaban J connectivity index is 1.42. The first-order valence-corrected chi connectivity index (χ1v) is 12.6. The third-order valence-electron chi connectivity index (χ3n) is 6.86. The Morgan fingerprint density at radius 2 is 1.88 bits per heavy atom. The maximum Gasteiger partial charge on any atom is 0.446 e. The number of alkyl halides is 3. The van der Waals surface area contributed by atoms with Crippen LogP contribution in [-0.4, -0.2) is 35.0 Å². The number of allylic oxidation sites excluding steroid dienone is 3. The molecule has 1 amide bonds. The van der Waals surface area contributed by atoms with Crippen LogP contribution in [0, 0.1) is 17.8 Å². The summed E-state index contributed by atoms with van der Waals surface area (Å²) in [4.78, 5) is 14.9. The first-order valence-electron chi connectivity index (χ1n) is 11.8. The molecule has 0 aromatic heterocycles. The van der Waals surface area contributed by atoms with Gasteiger partial charge in [0.15, 0.2) is 0 Å². The molecule has 7 heteroatoms. The van der Waals surface area contributed by atoms with Crippen molar-refractivity contribution in [3.05, 3.63) is 53.3 Å². The Morgan fingerprint density at radius 1 is 1.21 bits per heavy atom. The van der Waals surface area contributed by atoms with Crippen LogP contribution in [0.15, 0.2) is 52.6 Å². The molecule has 2 fully saturated rings. The molecular formula is C26H32F3NO2S. The van der Waals surface area contributed by atoms with Crippen molar-refractivity contribution >= 4 is 17.7 Å². The summed E-state index contributed by atoms with van der Waals surface area (Å²) in [6.45, 7) is 7.95. The number of fused-ring (bicyclic) bond motifs is 1. The monoisotopic (exact) mass is 479 g/mol. The molecule has 2 heterocycles. The van der Waals surface area contributed by atoms with Gasteiger partial charge in [-0.05, 0) is 84.7 Å². The van der Waals surface area contributed by atoms with Gasteiger partial charge in [0.05, 0.1) is 0 Å². The van der Waals surface area contributed by atoms with Gasteiger partial charge < -0.3 is 9.64 Å². The van der Waals surface area contributed by atoms with Crippen LogP contribution in [0.3, 0.4) is 0 Å². The van der Waals surface area contributed by atoms with Crippen molar-refractivity contribution < 1.29 is 22.7 Å². The van der Waals surface area contributed by atoms with E-state index in [1.165, 1.54) is 29.8 Å². The average molecular weight is 480 g/mol. The summed E-state index contributed by atoms with van der Waals surface area (Å²) in [7, 11) is 0. The highest BCUT2D eigenvalue weighted by Crippen LogP contribution is 2.48. The summed E-state index contributed by atoms with van der Waals surface area (Å²) in [6, 6.07) is 5.70. The fourth-order valence-corrected chi connectivity index (χ4v) is 5.86. The molecule has 0 bridgehead atoms. The molecule has 1 aliphatic carbocycles. The number of rotatable bonds is 4. The van der Waals surface area contributed by atoms with Crippen molar-refractivity contribution in [1.82, 2.24) is 4.90 Å². The number of carbonyl (C=O) groups is 1. The third kappa shape index (κ3) is 5.79. The molecule has 0 saturated carbocycles. The van der Waals surface area contributed by atoms with Crippen LogP contribution >= 0.6 is 11.8 Å². The molecule has 180 valence electrons. The van der Waals surface area contributed by atoms with Crippen molar-refractivity contribution in [2.45, 2.75) is 68.9 Å². The van der Waals surface area contributed by atoms with E-state index in [2.05, 4.69) is 32.9 Å². The molecule has 3 aliphatic rings. The lowest BCUT2D eigenvalue weighted by Crippen LogP contribution is -2.51. The first kappa shape index (κ1) is 24.2. The van der Waals surface area contributed by atoms with E-state index in [9.17, 15) is 18.0 Å². The van der Waals surface area contributed by atoms with Crippen LogP contribution < -0.4 is 0 Å². The van der Waals surface area contributed by atoms with E-state index in [1.807, 2.05) is 0 Å². The Morgan fingerprint density at radius 3 is 2.48 bits per heavy atom. The zero-order valence-electron chi connectivity index (χ0n) is 19.5. The number of piperidine rings is 1. The lowest BCUT2D eigenvalue weighted by atomic mass is 9.72. The number of ether oxygens (including phenoxy) is 1. The number of nitrogens with zero attached hydrogens (tertiary/aromatic N) is 1. The lowest BCUT2D eigenvalue weighted by molar-refractivity contribution is -0.0727. The van der Waals surface area contributed by atoms with Gasteiger partial charge >= 0.3 is 5.51 Å². The molecule has 4 rings (SSSR count). The number of hydrogen-bond donors (Lipinski definition) is 0. The molecule has 0 radical (unpaired) electrons. The molecule has 2 saturated heterocycles. The standard InChI is InChI=1S/C26H32F3NO2S/c1-17(2)14-20-16-25(32-23-9-4-18(3)15-22(20)23)10-12-30(13-11-25)24(31)19-5-7-21(8-6-19)33-26(27,28)29/h5-9,15,17-18,20H,4,10-14,16H2,1-3H3. The second-order valence-corrected chi connectivity index (χ2v) is 11.2. The molecule has 3 nitrogen and oxygen atoms in total. The fraction of sp³-hybridized carbons (Fsp3) is 0.577. The SMILES string of the molecule is CC(C)CC1CC2(CCN(C(=O)c3ccc(SC(F)(F)F)cc3)CC2)OC2=CCC(C)C=C21. The minimum atomic E-state index is -4.33. The number of hydrogen-bond acceptors (Lipinski definition) is 3. The molecule has 2 atom stereocenters. The minimum Gasteiger partial charge on any atom is -0.487 e. The van der Waals surface area contributed by atoms with Gasteiger partial charge in [-0.25, -0.2) is 0 Å². The first-order chi connectivity index (χ1) is 15.5. The summed E-state index contributed by atoms with van der Waals surface area (Å²) < 4.78 is 44.3. The highest BCUT2D eigenvalue weighted by molar-refractivity contribution is 8.00.